The predicted molar refractivity (Wildman–Crippen MR) is 143 cm³/mol. The third kappa shape index (κ3) is 3.66. The Kier molecular flexibility index (Phi) is 6.07. The first kappa shape index (κ1) is 24.4. The van der Waals surface area contributed by atoms with E-state index in [0.717, 1.165) is 24.0 Å². The first-order chi connectivity index (χ1) is 18.4. The quantitative estimate of drug-likeness (QED) is 0.352. The highest BCUT2D eigenvalue weighted by Crippen LogP contribution is 2.58. The lowest BCUT2D eigenvalue weighted by molar-refractivity contribution is -0.534. The Balaban J connectivity index is 1.40. The Labute approximate surface area is 221 Å². The van der Waals surface area contributed by atoms with Crippen LogP contribution in [0.4, 0.5) is 5.69 Å². The summed E-state index contributed by atoms with van der Waals surface area (Å²) < 4.78 is 12.1. The van der Waals surface area contributed by atoms with Crippen molar-refractivity contribution in [2.75, 3.05) is 18.5 Å². The lowest BCUT2D eigenvalue weighted by atomic mass is 9.77. The minimum absolute atomic E-state index is 0.129. The summed E-state index contributed by atoms with van der Waals surface area (Å²) in [6.07, 6.45) is 1.68. The molecule has 3 aliphatic heterocycles. The van der Waals surface area contributed by atoms with E-state index >= 15 is 0 Å². The Hall–Kier alpha value is -3.91. The fourth-order valence-corrected chi connectivity index (χ4v) is 6.74. The zero-order valence-electron chi connectivity index (χ0n) is 21.6. The number of rotatable bonds is 7. The first-order valence-electron chi connectivity index (χ1n) is 13.2. The van der Waals surface area contributed by atoms with Crippen LogP contribution in [0.25, 0.3) is 0 Å². The molecule has 8 heteroatoms. The van der Waals surface area contributed by atoms with Crippen LogP contribution in [0.1, 0.15) is 47.9 Å². The van der Waals surface area contributed by atoms with E-state index in [0.29, 0.717) is 42.5 Å². The van der Waals surface area contributed by atoms with E-state index in [2.05, 4.69) is 10.2 Å². The third-order valence-electron chi connectivity index (χ3n) is 8.26. The van der Waals surface area contributed by atoms with Crippen molar-refractivity contribution >= 4 is 11.6 Å². The number of benzene rings is 3. The van der Waals surface area contributed by atoms with Gasteiger partial charge in [-0.1, -0.05) is 54.1 Å². The van der Waals surface area contributed by atoms with Gasteiger partial charge in [-0.05, 0) is 56.0 Å². The van der Waals surface area contributed by atoms with Gasteiger partial charge in [-0.15, -0.1) is 0 Å². The van der Waals surface area contributed by atoms with Crippen molar-refractivity contribution in [1.29, 1.82) is 0 Å². The van der Waals surface area contributed by atoms with Gasteiger partial charge in [0.15, 0.2) is 17.0 Å². The van der Waals surface area contributed by atoms with Gasteiger partial charge in [0.1, 0.15) is 6.61 Å². The van der Waals surface area contributed by atoms with E-state index < -0.39 is 17.5 Å². The fourth-order valence-electron chi connectivity index (χ4n) is 6.74. The third-order valence-corrected chi connectivity index (χ3v) is 8.26. The highest BCUT2D eigenvalue weighted by Gasteiger charge is 2.73. The molecule has 0 saturated carbocycles. The van der Waals surface area contributed by atoms with Gasteiger partial charge in [0.05, 0.1) is 12.5 Å². The zero-order chi connectivity index (χ0) is 26.4. The summed E-state index contributed by atoms with van der Waals surface area (Å²) in [4.78, 5) is 28.3. The molecule has 2 fully saturated rings. The van der Waals surface area contributed by atoms with Gasteiger partial charge in [-0.3, -0.25) is 19.8 Å². The largest absolute Gasteiger partial charge is 0.490 e. The number of fused-ring (bicyclic) bond motifs is 4. The monoisotopic (exact) mass is 513 g/mol. The lowest BCUT2D eigenvalue weighted by Crippen LogP contribution is -2.55. The molecule has 0 bridgehead atoms. The van der Waals surface area contributed by atoms with Gasteiger partial charge in [-0.25, -0.2) is 0 Å². The number of aryl methyl sites for hydroxylation is 1. The predicted octanol–water partition coefficient (Wildman–Crippen LogP) is 5.03. The van der Waals surface area contributed by atoms with Crippen LogP contribution >= 0.6 is 0 Å². The van der Waals surface area contributed by atoms with Crippen LogP contribution in [0.5, 0.6) is 11.5 Å². The Morgan fingerprint density at radius 1 is 1.08 bits per heavy atom. The normalized spacial score (nSPS) is 25.7. The second-order valence-corrected chi connectivity index (χ2v) is 10.3. The van der Waals surface area contributed by atoms with E-state index in [9.17, 15) is 14.9 Å². The molecule has 6 rings (SSSR count). The average molecular weight is 514 g/mol. The maximum absolute atomic E-state index is 13.7. The molecule has 0 aliphatic carbocycles. The number of nitrogens with zero attached hydrogens (tertiary/aromatic N) is 2. The van der Waals surface area contributed by atoms with E-state index in [1.807, 2.05) is 80.6 Å². The summed E-state index contributed by atoms with van der Waals surface area (Å²) in [5, 5.41) is 15.8. The molecule has 3 aromatic rings. The number of anilines is 1. The standard InChI is InChI=1S/C30H31N3O5/c1-3-37-26-17-21(14-15-25(26)38-18-20-12-10-19(2)11-13-20)27-24-9-6-16-32(24)30(28(27)33(35)36)22-7-4-5-8-23(22)31-29(30)34/h4-5,7-8,10-15,17,24,27-28H,3,6,9,16,18H2,1-2H3,(H,31,34)/t24-,27+,28+,30-/m0/s1. The van der Waals surface area contributed by atoms with Gasteiger partial charge in [0, 0.05) is 28.8 Å². The summed E-state index contributed by atoms with van der Waals surface area (Å²) in [5.41, 5.74) is 3.04. The molecule has 1 N–H and O–H groups in total. The minimum atomic E-state index is -1.34. The molecule has 0 unspecified atom stereocenters. The van der Waals surface area contributed by atoms with Crippen molar-refractivity contribution < 1.29 is 19.2 Å². The summed E-state index contributed by atoms with van der Waals surface area (Å²) in [6, 6.07) is 19.9. The molecule has 1 amide bonds. The molecule has 4 atom stereocenters. The van der Waals surface area contributed by atoms with Crippen LogP contribution in [0.2, 0.25) is 0 Å². The fraction of sp³-hybridized carbons (Fsp3) is 0.367. The molecule has 38 heavy (non-hydrogen) atoms. The molecule has 0 radical (unpaired) electrons. The first-order valence-corrected chi connectivity index (χ1v) is 13.2. The second-order valence-electron chi connectivity index (χ2n) is 10.3. The Morgan fingerprint density at radius 3 is 2.63 bits per heavy atom. The number of para-hydroxylation sites is 1. The van der Waals surface area contributed by atoms with Crippen LogP contribution in [-0.2, 0) is 16.9 Å². The SMILES string of the molecule is CCOc1cc([C@@H]2[C@@H]3CCCN3[C@]3(C(=O)Nc4ccccc43)[C@@H]2[N+](=O)[O-])ccc1OCc1ccc(C)cc1. The minimum Gasteiger partial charge on any atom is -0.490 e. The van der Waals surface area contributed by atoms with Gasteiger partial charge in [-0.2, -0.15) is 0 Å². The van der Waals surface area contributed by atoms with Crippen molar-refractivity contribution in [1.82, 2.24) is 4.90 Å². The molecule has 8 nitrogen and oxygen atoms in total. The Bertz CT molecular complexity index is 1390. The van der Waals surface area contributed by atoms with Gasteiger partial charge in [0.2, 0.25) is 0 Å². The Morgan fingerprint density at radius 2 is 1.87 bits per heavy atom. The maximum atomic E-state index is 13.7. The van der Waals surface area contributed by atoms with Crippen LogP contribution in [0.3, 0.4) is 0 Å². The van der Waals surface area contributed by atoms with Crippen LogP contribution in [0, 0.1) is 17.0 Å². The molecule has 1 spiro atoms. The van der Waals surface area contributed by atoms with E-state index in [1.165, 1.54) is 5.56 Å². The number of hydrogen-bond acceptors (Lipinski definition) is 6. The summed E-state index contributed by atoms with van der Waals surface area (Å²) >= 11 is 0. The number of carbonyl (C=O) groups is 1. The zero-order valence-corrected chi connectivity index (χ0v) is 21.6. The molecule has 196 valence electrons. The van der Waals surface area contributed by atoms with E-state index in [1.54, 1.807) is 0 Å². The molecular formula is C30H31N3O5. The van der Waals surface area contributed by atoms with Gasteiger partial charge < -0.3 is 14.8 Å². The number of nitrogens with one attached hydrogen (secondary N) is 1. The number of amides is 1. The van der Waals surface area contributed by atoms with Crippen LogP contribution in [0.15, 0.2) is 66.7 Å². The molecule has 3 aromatic carbocycles. The molecule has 3 heterocycles. The van der Waals surface area contributed by atoms with Crippen LogP contribution in [-0.4, -0.2) is 41.0 Å². The number of hydrogen-bond donors (Lipinski definition) is 1. The summed E-state index contributed by atoms with van der Waals surface area (Å²) in [5.74, 6) is 0.363. The highest BCUT2D eigenvalue weighted by molar-refractivity contribution is 6.07. The van der Waals surface area contributed by atoms with Crippen molar-refractivity contribution in [3.63, 3.8) is 0 Å². The summed E-state index contributed by atoms with van der Waals surface area (Å²) in [7, 11) is 0. The maximum Gasteiger partial charge on any atom is 0.256 e. The van der Waals surface area contributed by atoms with Crippen molar-refractivity contribution in [2.24, 2.45) is 0 Å². The van der Waals surface area contributed by atoms with Crippen molar-refractivity contribution in [3.05, 3.63) is 99.1 Å². The van der Waals surface area contributed by atoms with Crippen molar-refractivity contribution in [3.8, 4) is 11.5 Å². The molecule has 0 aromatic heterocycles. The molecule has 2 saturated heterocycles. The van der Waals surface area contributed by atoms with E-state index in [4.69, 9.17) is 9.47 Å². The smallest absolute Gasteiger partial charge is 0.256 e. The average Bonchev–Trinajstić information content (AvgIpc) is 3.57. The second kappa shape index (κ2) is 9.44. The van der Waals surface area contributed by atoms with Crippen molar-refractivity contribution in [2.45, 2.75) is 56.8 Å². The van der Waals surface area contributed by atoms with E-state index in [-0.39, 0.29) is 16.9 Å². The number of nitro groups is 1. The van der Waals surface area contributed by atoms with Gasteiger partial charge in [0.25, 0.3) is 11.9 Å². The molecule has 3 aliphatic rings. The van der Waals surface area contributed by atoms with Crippen LogP contribution < -0.4 is 14.8 Å². The summed E-state index contributed by atoms with van der Waals surface area (Å²) in [6.45, 7) is 5.41. The van der Waals surface area contributed by atoms with Gasteiger partial charge >= 0.3 is 0 Å². The topological polar surface area (TPSA) is 93.9 Å². The number of ether oxygens (including phenoxy) is 2. The lowest BCUT2D eigenvalue weighted by Gasteiger charge is -2.32. The highest BCUT2D eigenvalue weighted by atomic mass is 16.6. The molecular weight excluding hydrogens is 482 g/mol. The number of carbonyl (C=O) groups excluding carboxylic acids is 1.